The van der Waals surface area contributed by atoms with E-state index >= 15 is 0 Å². The number of hydrogen-bond donors (Lipinski definition) is 1. The van der Waals surface area contributed by atoms with Crippen molar-refractivity contribution in [2.45, 2.75) is 26.7 Å². The van der Waals surface area contributed by atoms with Gasteiger partial charge in [0.2, 0.25) is 5.95 Å². The average molecular weight is 459 g/mol. The molecule has 1 aliphatic carbocycles. The lowest BCUT2D eigenvalue weighted by molar-refractivity contribution is -0.00000735. The molecule has 0 radical (unpaired) electrons. The highest BCUT2D eigenvalue weighted by Gasteiger charge is 2.25. The van der Waals surface area contributed by atoms with E-state index in [2.05, 4.69) is 43.6 Å². The van der Waals surface area contributed by atoms with Gasteiger partial charge in [-0.2, -0.15) is 5.10 Å². The van der Waals surface area contributed by atoms with Crippen molar-refractivity contribution >= 4 is 29.8 Å². The molecule has 2 aliphatic rings. The van der Waals surface area contributed by atoms with Gasteiger partial charge in [0, 0.05) is 35.2 Å². The van der Waals surface area contributed by atoms with Crippen molar-refractivity contribution in [2.24, 2.45) is 5.10 Å². The van der Waals surface area contributed by atoms with Gasteiger partial charge in [-0.05, 0) is 67.7 Å². The van der Waals surface area contributed by atoms with Gasteiger partial charge in [-0.1, -0.05) is 23.7 Å². The summed E-state index contributed by atoms with van der Waals surface area (Å²) in [6.45, 7) is 7.17. The molecule has 8 heteroatoms. The standard InChI is InChI=1S/C23H26ClN5O.ClH/c1-16-13-17(2)27-23(26-16)28-25-15-20-6-5-19(14-18-3-7-21(24)8-4-18)22(20)29-9-11-30-12-10-29;/h3-4,7-8,13-15H,5-6,9-12H2,1-2H3,(H,26,27,28);1H/p-1/b19-14-,25-15?;. The Morgan fingerprint density at radius 3 is 2.42 bits per heavy atom. The van der Waals surface area contributed by atoms with Crippen LogP contribution in [0.3, 0.4) is 0 Å². The zero-order valence-corrected chi connectivity index (χ0v) is 19.2. The molecule has 1 saturated heterocycles. The number of anilines is 1. The second kappa shape index (κ2) is 10.8. The summed E-state index contributed by atoms with van der Waals surface area (Å²) < 4.78 is 5.56. The predicted molar refractivity (Wildman–Crippen MR) is 122 cm³/mol. The quantitative estimate of drug-likeness (QED) is 0.544. The Morgan fingerprint density at radius 1 is 1.06 bits per heavy atom. The number of nitrogens with one attached hydrogen (secondary N) is 1. The fraction of sp³-hybridized carbons (Fsp3) is 0.348. The SMILES string of the molecule is Cc1cc(C)nc(NN=CC2=C(N3CCOCC3)/C(=C\c3ccc(Cl)cc3)CC2)n1.[Cl-]. The molecule has 164 valence electrons. The number of allylic oxidation sites excluding steroid dienone is 2. The molecular weight excluding hydrogens is 433 g/mol. The number of halogens is 2. The van der Waals surface area contributed by atoms with Crippen LogP contribution in [-0.4, -0.2) is 47.4 Å². The van der Waals surface area contributed by atoms with Crippen LogP contribution in [0.15, 0.2) is 52.3 Å². The molecule has 1 aromatic carbocycles. The van der Waals surface area contributed by atoms with Crippen LogP contribution in [0.5, 0.6) is 0 Å². The summed E-state index contributed by atoms with van der Waals surface area (Å²) in [4.78, 5) is 11.2. The predicted octanol–water partition coefficient (Wildman–Crippen LogP) is 1.61. The van der Waals surface area contributed by atoms with Crippen molar-refractivity contribution < 1.29 is 17.1 Å². The average Bonchev–Trinajstić information content (AvgIpc) is 3.12. The molecule has 0 atom stereocenters. The Kier molecular flexibility index (Phi) is 8.07. The fourth-order valence-electron chi connectivity index (χ4n) is 3.88. The fourth-order valence-corrected chi connectivity index (χ4v) is 4.00. The molecule has 0 saturated carbocycles. The van der Waals surface area contributed by atoms with Gasteiger partial charge in [-0.25, -0.2) is 15.4 Å². The lowest BCUT2D eigenvalue weighted by atomic mass is 10.1. The molecule has 4 rings (SSSR count). The van der Waals surface area contributed by atoms with Crippen LogP contribution in [-0.2, 0) is 4.74 Å². The number of hydrogen-bond acceptors (Lipinski definition) is 6. The number of rotatable bonds is 5. The number of morpholine rings is 1. The van der Waals surface area contributed by atoms with Crippen molar-refractivity contribution in [2.75, 3.05) is 31.7 Å². The third-order valence-electron chi connectivity index (χ3n) is 5.18. The van der Waals surface area contributed by atoms with E-state index in [9.17, 15) is 0 Å². The Hall–Kier alpha value is -2.41. The smallest absolute Gasteiger partial charge is 0.243 e. The van der Waals surface area contributed by atoms with Gasteiger partial charge >= 0.3 is 0 Å². The second-order valence-corrected chi connectivity index (χ2v) is 7.98. The van der Waals surface area contributed by atoms with Crippen molar-refractivity contribution in [3.8, 4) is 0 Å². The van der Waals surface area contributed by atoms with Gasteiger partial charge in [-0.3, -0.25) is 0 Å². The van der Waals surface area contributed by atoms with Crippen molar-refractivity contribution in [1.29, 1.82) is 0 Å². The van der Waals surface area contributed by atoms with Crippen LogP contribution < -0.4 is 17.8 Å². The van der Waals surface area contributed by atoms with E-state index in [1.807, 2.05) is 38.3 Å². The number of hydrazone groups is 1. The number of aryl methyl sites for hydroxylation is 2. The molecule has 1 aliphatic heterocycles. The third kappa shape index (κ3) is 6.06. The highest BCUT2D eigenvalue weighted by Crippen LogP contribution is 2.35. The molecule has 1 N–H and O–H groups in total. The van der Waals surface area contributed by atoms with Crippen molar-refractivity contribution in [3.05, 3.63) is 69.1 Å². The molecule has 2 aromatic rings. The van der Waals surface area contributed by atoms with E-state index in [-0.39, 0.29) is 12.4 Å². The molecule has 0 unspecified atom stereocenters. The summed E-state index contributed by atoms with van der Waals surface area (Å²) in [7, 11) is 0. The first-order valence-electron chi connectivity index (χ1n) is 10.2. The van der Waals surface area contributed by atoms with Gasteiger partial charge in [-0.15, -0.1) is 0 Å². The lowest BCUT2D eigenvalue weighted by Gasteiger charge is -2.31. The van der Waals surface area contributed by atoms with E-state index in [1.165, 1.54) is 16.8 Å². The minimum absolute atomic E-state index is 0. The molecular formula is C23H26Cl2N5O-. The van der Waals surface area contributed by atoms with Crippen molar-refractivity contribution in [3.63, 3.8) is 0 Å². The zero-order chi connectivity index (χ0) is 20.9. The Bertz CT molecular complexity index is 975. The molecule has 2 heterocycles. The largest absolute Gasteiger partial charge is 1.00 e. The van der Waals surface area contributed by atoms with E-state index in [4.69, 9.17) is 16.3 Å². The maximum absolute atomic E-state index is 6.04. The number of benzene rings is 1. The summed E-state index contributed by atoms with van der Waals surface area (Å²) >= 11 is 6.04. The first kappa shape index (κ1) is 23.3. The van der Waals surface area contributed by atoms with Gasteiger partial charge < -0.3 is 22.0 Å². The van der Waals surface area contributed by atoms with E-state index < -0.39 is 0 Å². The second-order valence-electron chi connectivity index (χ2n) is 7.54. The van der Waals surface area contributed by atoms with Crippen LogP contribution in [0.25, 0.3) is 6.08 Å². The minimum atomic E-state index is 0. The number of nitrogens with zero attached hydrogens (tertiary/aromatic N) is 4. The Morgan fingerprint density at radius 2 is 1.74 bits per heavy atom. The first-order valence-corrected chi connectivity index (χ1v) is 10.6. The number of aromatic nitrogens is 2. The van der Waals surface area contributed by atoms with Gasteiger partial charge in [0.05, 0.1) is 19.4 Å². The van der Waals surface area contributed by atoms with Crippen LogP contribution in [0.2, 0.25) is 5.02 Å². The lowest BCUT2D eigenvalue weighted by Crippen LogP contribution is -3.00. The highest BCUT2D eigenvalue weighted by molar-refractivity contribution is 6.30. The topological polar surface area (TPSA) is 62.6 Å². The van der Waals surface area contributed by atoms with Crippen molar-refractivity contribution in [1.82, 2.24) is 14.9 Å². The van der Waals surface area contributed by atoms with Crippen LogP contribution in [0.1, 0.15) is 29.8 Å². The monoisotopic (exact) mass is 458 g/mol. The molecule has 0 amide bonds. The molecule has 6 nitrogen and oxygen atoms in total. The summed E-state index contributed by atoms with van der Waals surface area (Å²) in [5.74, 6) is 0.521. The molecule has 31 heavy (non-hydrogen) atoms. The summed E-state index contributed by atoms with van der Waals surface area (Å²) in [6, 6.07) is 9.90. The summed E-state index contributed by atoms with van der Waals surface area (Å²) in [6.07, 6.45) is 6.10. The molecule has 1 aromatic heterocycles. The normalized spacial score (nSPS) is 18.0. The van der Waals surface area contributed by atoms with Gasteiger partial charge in [0.1, 0.15) is 0 Å². The van der Waals surface area contributed by atoms with Crippen LogP contribution in [0, 0.1) is 13.8 Å². The van der Waals surface area contributed by atoms with E-state index in [1.54, 1.807) is 0 Å². The molecule has 0 spiro atoms. The van der Waals surface area contributed by atoms with Crippen LogP contribution in [0.4, 0.5) is 5.95 Å². The molecule has 1 fully saturated rings. The third-order valence-corrected chi connectivity index (χ3v) is 5.43. The maximum Gasteiger partial charge on any atom is 0.243 e. The van der Waals surface area contributed by atoms with E-state index in [0.29, 0.717) is 5.95 Å². The Labute approximate surface area is 194 Å². The van der Waals surface area contributed by atoms with Gasteiger partial charge in [0.15, 0.2) is 0 Å². The number of ether oxygens (including phenoxy) is 1. The summed E-state index contributed by atoms with van der Waals surface area (Å²) in [5.41, 5.74) is 9.78. The zero-order valence-electron chi connectivity index (χ0n) is 17.7. The minimum Gasteiger partial charge on any atom is -1.00 e. The van der Waals surface area contributed by atoms with Gasteiger partial charge in [0.25, 0.3) is 0 Å². The highest BCUT2D eigenvalue weighted by atomic mass is 35.5. The Balaban J connectivity index is 0.00000272. The maximum atomic E-state index is 6.04. The first-order chi connectivity index (χ1) is 14.6. The van der Waals surface area contributed by atoms with Crippen LogP contribution >= 0.6 is 11.6 Å². The molecule has 0 bridgehead atoms. The summed E-state index contributed by atoms with van der Waals surface area (Å²) in [5, 5.41) is 5.19. The van der Waals surface area contributed by atoms with E-state index in [0.717, 1.165) is 61.1 Å².